The van der Waals surface area contributed by atoms with Crippen LogP contribution in [0.15, 0.2) is 60.3 Å². The molecule has 7 nitrogen and oxygen atoms in total. The number of hydrogen-bond donors (Lipinski definition) is 2. The summed E-state index contributed by atoms with van der Waals surface area (Å²) in [4.78, 5) is 38.6. The first kappa shape index (κ1) is 19.5. The fourth-order valence-electron chi connectivity index (χ4n) is 3.53. The maximum absolute atomic E-state index is 13.3. The zero-order valence-electron chi connectivity index (χ0n) is 16.1. The van der Waals surface area contributed by atoms with Gasteiger partial charge in [-0.1, -0.05) is 36.4 Å². The Kier molecular flexibility index (Phi) is 4.93. The lowest BCUT2D eigenvalue weighted by Crippen LogP contribution is -2.54. The number of para-hydroxylation sites is 2. The summed E-state index contributed by atoms with van der Waals surface area (Å²) in [6, 6.07) is 14.7. The van der Waals surface area contributed by atoms with Gasteiger partial charge in [0.05, 0.1) is 5.69 Å². The van der Waals surface area contributed by atoms with Gasteiger partial charge in [0.25, 0.3) is 11.8 Å². The molecule has 3 N–H and O–H groups in total. The predicted molar refractivity (Wildman–Crippen MR) is 119 cm³/mol. The van der Waals surface area contributed by atoms with E-state index in [0.717, 1.165) is 16.5 Å². The molecular formula is C22H18N4O3S. The second-order valence-electron chi connectivity index (χ2n) is 6.94. The van der Waals surface area contributed by atoms with Crippen molar-refractivity contribution in [2.24, 2.45) is 5.73 Å². The Morgan fingerprint density at radius 1 is 1.13 bits per heavy atom. The maximum Gasteiger partial charge on any atom is 0.270 e. The number of amides is 3. The van der Waals surface area contributed by atoms with E-state index in [1.807, 2.05) is 43.3 Å². The molecule has 0 aliphatic carbocycles. The number of fused-ring (bicyclic) bond motifs is 1. The number of nitrogens with zero attached hydrogens (tertiary/aromatic N) is 2. The molecule has 8 heteroatoms. The van der Waals surface area contributed by atoms with Crippen LogP contribution in [0.1, 0.15) is 11.1 Å². The van der Waals surface area contributed by atoms with Crippen LogP contribution in [0.3, 0.4) is 0 Å². The predicted octanol–water partition coefficient (Wildman–Crippen LogP) is 2.27. The van der Waals surface area contributed by atoms with Crippen molar-refractivity contribution < 1.29 is 14.4 Å². The zero-order valence-corrected chi connectivity index (χ0v) is 16.9. The van der Waals surface area contributed by atoms with Crippen LogP contribution in [0.4, 0.5) is 5.69 Å². The molecule has 0 bridgehead atoms. The molecule has 0 atom stereocenters. The molecule has 2 aromatic carbocycles. The number of primary amides is 1. The molecule has 1 saturated heterocycles. The number of rotatable bonds is 4. The fourth-order valence-corrected chi connectivity index (χ4v) is 3.81. The quantitative estimate of drug-likeness (QED) is 0.386. The number of nitrogens with one attached hydrogen (secondary N) is 1. The van der Waals surface area contributed by atoms with Crippen molar-refractivity contribution in [1.82, 2.24) is 9.88 Å². The van der Waals surface area contributed by atoms with Crippen molar-refractivity contribution in [1.29, 1.82) is 0 Å². The van der Waals surface area contributed by atoms with Gasteiger partial charge in [-0.2, -0.15) is 0 Å². The molecule has 2 heterocycles. The summed E-state index contributed by atoms with van der Waals surface area (Å²) in [5.41, 5.74) is 8.16. The van der Waals surface area contributed by atoms with Crippen molar-refractivity contribution >= 4 is 57.7 Å². The van der Waals surface area contributed by atoms with Gasteiger partial charge >= 0.3 is 0 Å². The van der Waals surface area contributed by atoms with Gasteiger partial charge < -0.3 is 10.3 Å². The average molecular weight is 418 g/mol. The highest BCUT2D eigenvalue weighted by molar-refractivity contribution is 7.80. The second kappa shape index (κ2) is 7.57. The first-order valence-corrected chi connectivity index (χ1v) is 9.61. The Hall–Kier alpha value is -3.78. The zero-order chi connectivity index (χ0) is 21.4. The van der Waals surface area contributed by atoms with Crippen LogP contribution in [0.5, 0.6) is 0 Å². The van der Waals surface area contributed by atoms with E-state index in [2.05, 4.69) is 5.32 Å². The lowest BCUT2D eigenvalue weighted by atomic mass is 10.1. The molecule has 3 amide bonds. The van der Waals surface area contributed by atoms with Gasteiger partial charge in [-0.3, -0.25) is 24.6 Å². The molecule has 1 aliphatic rings. The summed E-state index contributed by atoms with van der Waals surface area (Å²) < 4.78 is 1.69. The highest BCUT2D eigenvalue weighted by Gasteiger charge is 2.35. The van der Waals surface area contributed by atoms with E-state index in [4.69, 9.17) is 18.0 Å². The largest absolute Gasteiger partial charge is 0.368 e. The number of carbonyl (C=O) groups excluding carboxylic acids is 3. The maximum atomic E-state index is 13.3. The van der Waals surface area contributed by atoms with Gasteiger partial charge in [0.1, 0.15) is 12.1 Å². The summed E-state index contributed by atoms with van der Waals surface area (Å²) in [5.74, 6) is -1.57. The molecule has 1 aliphatic heterocycles. The monoisotopic (exact) mass is 418 g/mol. The van der Waals surface area contributed by atoms with E-state index in [0.29, 0.717) is 11.3 Å². The minimum absolute atomic E-state index is 0.0107. The van der Waals surface area contributed by atoms with Gasteiger partial charge in [0.2, 0.25) is 5.91 Å². The highest BCUT2D eigenvalue weighted by Crippen LogP contribution is 2.28. The summed E-state index contributed by atoms with van der Waals surface area (Å²) in [7, 11) is 0. The van der Waals surface area contributed by atoms with Crippen LogP contribution in [-0.4, -0.2) is 27.4 Å². The van der Waals surface area contributed by atoms with Crippen molar-refractivity contribution in [2.45, 2.75) is 13.5 Å². The molecule has 1 fully saturated rings. The molecule has 4 rings (SSSR count). The van der Waals surface area contributed by atoms with Crippen molar-refractivity contribution in [3.63, 3.8) is 0 Å². The molecule has 1 aromatic heterocycles. The van der Waals surface area contributed by atoms with Gasteiger partial charge in [-0.25, -0.2) is 0 Å². The lowest BCUT2D eigenvalue weighted by molar-refractivity contribution is -0.122. The number of nitrogens with two attached hydrogens (primary N) is 1. The molecule has 150 valence electrons. The Morgan fingerprint density at radius 2 is 1.83 bits per heavy atom. The van der Waals surface area contributed by atoms with Crippen LogP contribution >= 0.6 is 12.2 Å². The van der Waals surface area contributed by atoms with E-state index >= 15 is 0 Å². The molecule has 0 unspecified atom stereocenters. The molecule has 0 saturated carbocycles. The van der Waals surface area contributed by atoms with Crippen LogP contribution < -0.4 is 16.0 Å². The van der Waals surface area contributed by atoms with E-state index in [-0.39, 0.29) is 17.2 Å². The topological polar surface area (TPSA) is 97.4 Å². The van der Waals surface area contributed by atoms with Crippen LogP contribution in [0, 0.1) is 6.92 Å². The van der Waals surface area contributed by atoms with Gasteiger partial charge in [0, 0.05) is 22.7 Å². The molecule has 0 radical (unpaired) electrons. The first-order valence-electron chi connectivity index (χ1n) is 9.20. The third-order valence-electron chi connectivity index (χ3n) is 4.90. The van der Waals surface area contributed by atoms with Crippen LogP contribution in [0.25, 0.3) is 17.0 Å². The minimum Gasteiger partial charge on any atom is -0.368 e. The van der Waals surface area contributed by atoms with Crippen molar-refractivity contribution in [2.75, 3.05) is 4.90 Å². The Bertz CT molecular complexity index is 1260. The average Bonchev–Trinajstić information content (AvgIpc) is 3.03. The molecule has 30 heavy (non-hydrogen) atoms. The molecule has 3 aromatic rings. The molecule has 0 spiro atoms. The Labute approximate surface area is 177 Å². The number of carbonyl (C=O) groups is 3. The highest BCUT2D eigenvalue weighted by atomic mass is 32.1. The third kappa shape index (κ3) is 3.37. The SMILES string of the molecule is Cc1ccccc1N1C(=O)/C(=C/c2cn(CC(N)=O)c3ccccc23)C(=O)NC1=S. The number of benzene rings is 2. The standard InChI is InChI=1S/C22H18N4O3S/c1-13-6-2-4-8-17(13)26-21(29)16(20(28)24-22(26)30)10-14-11-25(12-19(23)27)18-9-5-3-7-15(14)18/h2-11H,12H2,1H3,(H2,23,27)(H,24,28,30)/b16-10+. The Balaban J connectivity index is 1.82. The molecular weight excluding hydrogens is 400 g/mol. The normalized spacial score (nSPS) is 15.7. The number of thiocarbonyl (C=S) groups is 1. The number of aryl methyl sites for hydroxylation is 1. The van der Waals surface area contributed by atoms with Gasteiger partial charge in [-0.05, 0) is 42.9 Å². The van der Waals surface area contributed by atoms with E-state index < -0.39 is 17.7 Å². The summed E-state index contributed by atoms with van der Waals surface area (Å²) in [6.45, 7) is 1.85. The van der Waals surface area contributed by atoms with Gasteiger partial charge in [0.15, 0.2) is 5.11 Å². The Morgan fingerprint density at radius 3 is 2.57 bits per heavy atom. The minimum atomic E-state index is -0.568. The summed E-state index contributed by atoms with van der Waals surface area (Å²) >= 11 is 5.26. The van der Waals surface area contributed by atoms with Crippen LogP contribution in [0.2, 0.25) is 0 Å². The van der Waals surface area contributed by atoms with Crippen molar-refractivity contribution in [3.8, 4) is 0 Å². The van der Waals surface area contributed by atoms with Gasteiger partial charge in [-0.15, -0.1) is 0 Å². The lowest BCUT2D eigenvalue weighted by Gasteiger charge is -2.29. The first-order chi connectivity index (χ1) is 14.4. The van der Waals surface area contributed by atoms with E-state index in [9.17, 15) is 14.4 Å². The second-order valence-corrected chi connectivity index (χ2v) is 7.33. The smallest absolute Gasteiger partial charge is 0.270 e. The number of aromatic nitrogens is 1. The third-order valence-corrected chi connectivity index (χ3v) is 5.19. The summed E-state index contributed by atoms with van der Waals surface area (Å²) in [6.07, 6.45) is 3.22. The fraction of sp³-hybridized carbons (Fsp3) is 0.0909. The van der Waals surface area contributed by atoms with E-state index in [1.54, 1.807) is 22.9 Å². The van der Waals surface area contributed by atoms with Crippen molar-refractivity contribution in [3.05, 3.63) is 71.4 Å². The number of anilines is 1. The number of hydrogen-bond acceptors (Lipinski definition) is 4. The van der Waals surface area contributed by atoms with E-state index in [1.165, 1.54) is 11.0 Å². The van der Waals surface area contributed by atoms with Crippen LogP contribution in [-0.2, 0) is 20.9 Å². The summed E-state index contributed by atoms with van der Waals surface area (Å²) in [5, 5.41) is 3.42.